The van der Waals surface area contributed by atoms with Gasteiger partial charge in [0.05, 0.1) is 11.4 Å². The molecule has 98 valence electrons. The van der Waals surface area contributed by atoms with Crippen molar-refractivity contribution in [2.75, 3.05) is 17.6 Å². The van der Waals surface area contributed by atoms with Crippen molar-refractivity contribution in [2.45, 2.75) is 46.5 Å². The second kappa shape index (κ2) is 6.52. The van der Waals surface area contributed by atoms with Gasteiger partial charge in [0.25, 0.3) is 0 Å². The minimum atomic E-state index is 0.707. The highest BCUT2D eigenvalue weighted by Crippen LogP contribution is 2.23. The van der Waals surface area contributed by atoms with Crippen LogP contribution in [0.4, 0.5) is 11.5 Å². The highest BCUT2D eigenvalue weighted by molar-refractivity contribution is 5.65. The lowest BCUT2D eigenvalue weighted by atomic mass is 10.0. The number of nitrogens with one attached hydrogen (secondary N) is 1. The van der Waals surface area contributed by atoms with Gasteiger partial charge in [0, 0.05) is 13.6 Å². The van der Waals surface area contributed by atoms with E-state index in [1.807, 2.05) is 11.7 Å². The van der Waals surface area contributed by atoms with E-state index in [2.05, 4.69) is 31.2 Å². The van der Waals surface area contributed by atoms with E-state index in [1.54, 1.807) is 0 Å². The average molecular weight is 238 g/mol. The second-order valence-corrected chi connectivity index (χ2v) is 4.65. The number of hydrogen-bond acceptors (Lipinski definition) is 3. The van der Waals surface area contributed by atoms with E-state index in [4.69, 9.17) is 5.73 Å². The number of nitrogens with zero attached hydrogens (tertiary/aromatic N) is 2. The third-order valence-corrected chi connectivity index (χ3v) is 3.36. The zero-order valence-corrected chi connectivity index (χ0v) is 11.6. The molecule has 1 heterocycles. The fourth-order valence-corrected chi connectivity index (χ4v) is 2.05. The Morgan fingerprint density at radius 2 is 1.94 bits per heavy atom. The molecule has 0 saturated heterocycles. The van der Waals surface area contributed by atoms with Gasteiger partial charge < -0.3 is 11.1 Å². The lowest BCUT2D eigenvalue weighted by molar-refractivity contribution is 0.517. The molecule has 0 aliphatic heterocycles. The van der Waals surface area contributed by atoms with Crippen LogP contribution in [0.1, 0.15) is 45.7 Å². The van der Waals surface area contributed by atoms with Crippen molar-refractivity contribution in [1.82, 2.24) is 9.78 Å². The third-order valence-electron chi connectivity index (χ3n) is 3.36. The summed E-state index contributed by atoms with van der Waals surface area (Å²) in [4.78, 5) is 0. The molecule has 0 atom stereocenters. The predicted molar refractivity (Wildman–Crippen MR) is 74.2 cm³/mol. The van der Waals surface area contributed by atoms with E-state index in [9.17, 15) is 0 Å². The molecule has 0 aromatic carbocycles. The summed E-state index contributed by atoms with van der Waals surface area (Å²) in [6.07, 6.45) is 4.42. The summed E-state index contributed by atoms with van der Waals surface area (Å²) in [6, 6.07) is 0. The summed E-state index contributed by atoms with van der Waals surface area (Å²) in [5.41, 5.74) is 7.95. The number of anilines is 2. The first-order valence-electron chi connectivity index (χ1n) is 6.69. The Morgan fingerprint density at radius 3 is 2.47 bits per heavy atom. The van der Waals surface area contributed by atoms with Gasteiger partial charge in [0.2, 0.25) is 0 Å². The molecule has 0 aliphatic carbocycles. The Hall–Kier alpha value is -1.19. The Morgan fingerprint density at radius 1 is 1.29 bits per heavy atom. The first kappa shape index (κ1) is 13.9. The zero-order chi connectivity index (χ0) is 12.8. The quantitative estimate of drug-likeness (QED) is 0.768. The van der Waals surface area contributed by atoms with Crippen LogP contribution < -0.4 is 11.1 Å². The molecule has 0 bridgehead atoms. The van der Waals surface area contributed by atoms with Crippen molar-refractivity contribution in [3.8, 4) is 0 Å². The largest absolute Gasteiger partial charge is 0.394 e. The third kappa shape index (κ3) is 3.38. The van der Waals surface area contributed by atoms with Crippen molar-refractivity contribution >= 4 is 11.5 Å². The molecule has 4 nitrogen and oxygen atoms in total. The normalized spacial score (nSPS) is 11.1. The zero-order valence-electron chi connectivity index (χ0n) is 11.6. The van der Waals surface area contributed by atoms with Crippen LogP contribution in [0.15, 0.2) is 0 Å². The van der Waals surface area contributed by atoms with Crippen molar-refractivity contribution in [3.63, 3.8) is 0 Å². The standard InChI is InChI=1S/C13H26N4/c1-5-8-11-12(14)13(17(4)16-11)15-9-10(6-2)7-3/h10,15H,5-9,14H2,1-4H3. The molecule has 3 N–H and O–H groups in total. The lowest BCUT2D eigenvalue weighted by Gasteiger charge is -2.14. The predicted octanol–water partition coefficient (Wildman–Crippen LogP) is 2.80. The summed E-state index contributed by atoms with van der Waals surface area (Å²) < 4.78 is 1.86. The van der Waals surface area contributed by atoms with Crippen LogP contribution in [-0.2, 0) is 13.5 Å². The minimum Gasteiger partial charge on any atom is -0.394 e. The van der Waals surface area contributed by atoms with E-state index >= 15 is 0 Å². The molecule has 4 heteroatoms. The number of rotatable bonds is 7. The molecule has 17 heavy (non-hydrogen) atoms. The highest BCUT2D eigenvalue weighted by Gasteiger charge is 2.13. The van der Waals surface area contributed by atoms with Crippen LogP contribution in [0.2, 0.25) is 0 Å². The van der Waals surface area contributed by atoms with Gasteiger partial charge in [0.15, 0.2) is 0 Å². The van der Waals surface area contributed by atoms with Gasteiger partial charge in [-0.1, -0.05) is 40.0 Å². The molecular formula is C13H26N4. The Balaban J connectivity index is 2.70. The van der Waals surface area contributed by atoms with E-state index in [0.29, 0.717) is 5.92 Å². The lowest BCUT2D eigenvalue weighted by Crippen LogP contribution is -2.15. The Kier molecular flexibility index (Phi) is 5.32. The van der Waals surface area contributed by atoms with Gasteiger partial charge in [-0.2, -0.15) is 5.10 Å². The molecule has 0 spiro atoms. The topological polar surface area (TPSA) is 55.9 Å². The van der Waals surface area contributed by atoms with E-state index in [1.165, 1.54) is 12.8 Å². The smallest absolute Gasteiger partial charge is 0.147 e. The average Bonchev–Trinajstić information content (AvgIpc) is 2.58. The van der Waals surface area contributed by atoms with Crippen LogP contribution in [0, 0.1) is 5.92 Å². The first-order valence-corrected chi connectivity index (χ1v) is 6.69. The fourth-order valence-electron chi connectivity index (χ4n) is 2.05. The van der Waals surface area contributed by atoms with Crippen LogP contribution >= 0.6 is 0 Å². The molecule has 0 amide bonds. The van der Waals surface area contributed by atoms with Gasteiger partial charge in [-0.15, -0.1) is 0 Å². The molecule has 1 aromatic rings. The Bertz CT molecular complexity index is 339. The molecule has 1 rings (SSSR count). The van der Waals surface area contributed by atoms with Crippen molar-refractivity contribution in [2.24, 2.45) is 13.0 Å². The van der Waals surface area contributed by atoms with Crippen LogP contribution in [0.5, 0.6) is 0 Å². The summed E-state index contributed by atoms with van der Waals surface area (Å²) in [5, 5.41) is 7.90. The molecule has 0 saturated carbocycles. The molecule has 1 aromatic heterocycles. The van der Waals surface area contributed by atoms with Gasteiger partial charge >= 0.3 is 0 Å². The van der Waals surface area contributed by atoms with Crippen molar-refractivity contribution in [3.05, 3.63) is 5.69 Å². The number of nitrogen functional groups attached to an aromatic ring is 1. The van der Waals surface area contributed by atoms with Crippen molar-refractivity contribution in [1.29, 1.82) is 0 Å². The SMILES string of the molecule is CCCc1nn(C)c(NCC(CC)CC)c1N. The molecular weight excluding hydrogens is 212 g/mol. The summed E-state index contributed by atoms with van der Waals surface area (Å²) in [6.45, 7) is 7.57. The number of nitrogens with two attached hydrogens (primary N) is 1. The Labute approximate surface area is 105 Å². The maximum Gasteiger partial charge on any atom is 0.147 e. The van der Waals surface area contributed by atoms with Gasteiger partial charge in [-0.3, -0.25) is 4.68 Å². The first-order chi connectivity index (χ1) is 8.13. The molecule has 0 radical (unpaired) electrons. The summed E-state index contributed by atoms with van der Waals surface area (Å²) >= 11 is 0. The van der Waals surface area contributed by atoms with Gasteiger partial charge in [-0.05, 0) is 12.3 Å². The highest BCUT2D eigenvalue weighted by atomic mass is 15.3. The van der Waals surface area contributed by atoms with E-state index < -0.39 is 0 Å². The number of aromatic nitrogens is 2. The maximum atomic E-state index is 6.11. The fraction of sp³-hybridized carbons (Fsp3) is 0.769. The monoisotopic (exact) mass is 238 g/mol. The molecule has 0 aliphatic rings. The molecule has 0 fully saturated rings. The molecule has 0 unspecified atom stereocenters. The minimum absolute atomic E-state index is 0.707. The van der Waals surface area contributed by atoms with Crippen LogP contribution in [-0.4, -0.2) is 16.3 Å². The number of aryl methyl sites for hydroxylation is 2. The maximum absolute atomic E-state index is 6.11. The van der Waals surface area contributed by atoms with Crippen molar-refractivity contribution < 1.29 is 0 Å². The van der Waals surface area contributed by atoms with Crippen LogP contribution in [0.25, 0.3) is 0 Å². The number of hydrogen-bond donors (Lipinski definition) is 2. The summed E-state index contributed by atoms with van der Waals surface area (Å²) in [5.74, 6) is 1.68. The van der Waals surface area contributed by atoms with E-state index in [-0.39, 0.29) is 0 Å². The second-order valence-electron chi connectivity index (χ2n) is 4.65. The van der Waals surface area contributed by atoms with Gasteiger partial charge in [0.1, 0.15) is 5.82 Å². The van der Waals surface area contributed by atoms with Gasteiger partial charge in [-0.25, -0.2) is 0 Å². The summed E-state index contributed by atoms with van der Waals surface area (Å²) in [7, 11) is 1.95. The van der Waals surface area contributed by atoms with Crippen LogP contribution in [0.3, 0.4) is 0 Å². The van der Waals surface area contributed by atoms with E-state index in [0.717, 1.165) is 36.6 Å².